The molecule has 6 nitrogen and oxygen atoms in total. The SMILES string of the molecule is CCN(CC1CCCO1)C(=O)c1cc(-c2ccccc2)nc2c1cnn2C(C)C. The minimum absolute atomic E-state index is 0.0101. The van der Waals surface area contributed by atoms with Crippen LogP contribution >= 0.6 is 0 Å². The second kappa shape index (κ2) is 8.33. The molecule has 0 radical (unpaired) electrons. The van der Waals surface area contributed by atoms with Crippen molar-refractivity contribution < 1.29 is 9.53 Å². The third-order valence-corrected chi connectivity index (χ3v) is 5.47. The number of likely N-dealkylation sites (N-methyl/N-ethyl adjacent to an activating group) is 1. The maximum absolute atomic E-state index is 13.5. The molecule has 0 saturated carbocycles. The van der Waals surface area contributed by atoms with Crippen LogP contribution in [0.5, 0.6) is 0 Å². The van der Waals surface area contributed by atoms with Crippen LogP contribution in [0, 0.1) is 0 Å². The van der Waals surface area contributed by atoms with Gasteiger partial charge in [-0.1, -0.05) is 30.3 Å². The Morgan fingerprint density at radius 2 is 2.10 bits per heavy atom. The average Bonchev–Trinajstić information content (AvgIpc) is 3.41. The van der Waals surface area contributed by atoms with Gasteiger partial charge in [0.15, 0.2) is 5.65 Å². The van der Waals surface area contributed by atoms with E-state index in [2.05, 4.69) is 18.9 Å². The summed E-state index contributed by atoms with van der Waals surface area (Å²) in [6, 6.07) is 12.0. The second-order valence-electron chi connectivity index (χ2n) is 7.82. The number of ether oxygens (including phenoxy) is 1. The topological polar surface area (TPSA) is 60.2 Å². The molecule has 1 amide bonds. The number of carbonyl (C=O) groups excluding carboxylic acids is 1. The normalized spacial score (nSPS) is 16.6. The molecule has 1 aromatic carbocycles. The van der Waals surface area contributed by atoms with Crippen LogP contribution in [0.1, 0.15) is 50.0 Å². The summed E-state index contributed by atoms with van der Waals surface area (Å²) in [6.07, 6.45) is 3.97. The smallest absolute Gasteiger partial charge is 0.254 e. The van der Waals surface area contributed by atoms with E-state index >= 15 is 0 Å². The van der Waals surface area contributed by atoms with Gasteiger partial charge < -0.3 is 9.64 Å². The fourth-order valence-electron chi connectivity index (χ4n) is 3.89. The summed E-state index contributed by atoms with van der Waals surface area (Å²) in [6.45, 7) is 8.21. The average molecular weight is 393 g/mol. The zero-order valence-corrected chi connectivity index (χ0v) is 17.3. The number of nitrogens with zero attached hydrogens (tertiary/aromatic N) is 4. The van der Waals surface area contributed by atoms with Gasteiger partial charge in [0.25, 0.3) is 5.91 Å². The van der Waals surface area contributed by atoms with Crippen LogP contribution in [0.25, 0.3) is 22.3 Å². The van der Waals surface area contributed by atoms with Gasteiger partial charge in [0.2, 0.25) is 0 Å². The van der Waals surface area contributed by atoms with Crippen molar-refractivity contribution in [3.05, 3.63) is 48.2 Å². The number of aromatic nitrogens is 3. The molecule has 6 heteroatoms. The number of fused-ring (bicyclic) bond motifs is 1. The molecule has 1 aliphatic rings. The molecule has 3 heterocycles. The fourth-order valence-corrected chi connectivity index (χ4v) is 3.89. The molecule has 152 valence electrons. The van der Waals surface area contributed by atoms with Crippen molar-refractivity contribution in [2.24, 2.45) is 0 Å². The number of benzene rings is 1. The lowest BCUT2D eigenvalue weighted by Crippen LogP contribution is -2.37. The van der Waals surface area contributed by atoms with Crippen LogP contribution in [0.2, 0.25) is 0 Å². The van der Waals surface area contributed by atoms with Crippen molar-refractivity contribution in [2.75, 3.05) is 19.7 Å². The Labute approximate surface area is 171 Å². The van der Waals surface area contributed by atoms with Crippen LogP contribution in [0.4, 0.5) is 0 Å². The van der Waals surface area contributed by atoms with E-state index in [1.165, 1.54) is 0 Å². The maximum atomic E-state index is 13.5. The van der Waals surface area contributed by atoms with Crippen LogP contribution in [0.15, 0.2) is 42.6 Å². The second-order valence-corrected chi connectivity index (χ2v) is 7.82. The highest BCUT2D eigenvalue weighted by atomic mass is 16.5. The van der Waals surface area contributed by atoms with Crippen molar-refractivity contribution in [3.8, 4) is 11.3 Å². The van der Waals surface area contributed by atoms with E-state index in [0.717, 1.165) is 41.7 Å². The highest BCUT2D eigenvalue weighted by Gasteiger charge is 2.25. The van der Waals surface area contributed by atoms with Gasteiger partial charge in [-0.25, -0.2) is 9.67 Å². The Morgan fingerprint density at radius 3 is 2.76 bits per heavy atom. The van der Waals surface area contributed by atoms with E-state index in [4.69, 9.17) is 9.72 Å². The molecular formula is C23H28N4O2. The van der Waals surface area contributed by atoms with Crippen molar-refractivity contribution in [1.29, 1.82) is 0 Å². The maximum Gasteiger partial charge on any atom is 0.254 e. The monoisotopic (exact) mass is 392 g/mol. The van der Waals surface area contributed by atoms with E-state index in [1.807, 2.05) is 52.9 Å². The Morgan fingerprint density at radius 1 is 1.31 bits per heavy atom. The summed E-state index contributed by atoms with van der Waals surface area (Å²) in [5.74, 6) is 0.0101. The minimum Gasteiger partial charge on any atom is -0.376 e. The predicted molar refractivity (Wildman–Crippen MR) is 114 cm³/mol. The lowest BCUT2D eigenvalue weighted by Gasteiger charge is -2.24. The summed E-state index contributed by atoms with van der Waals surface area (Å²) in [7, 11) is 0. The van der Waals surface area contributed by atoms with Gasteiger partial charge in [0.1, 0.15) is 0 Å². The molecule has 0 spiro atoms. The molecule has 1 atom stereocenters. The standard InChI is InChI=1S/C23H28N4O2/c1-4-26(15-18-11-8-12-29-18)23(28)19-13-21(17-9-6-5-7-10-17)25-22-20(19)14-24-27(22)16(2)3/h5-7,9-10,13-14,16,18H,4,8,11-12,15H2,1-3H3. The first kappa shape index (κ1) is 19.6. The zero-order chi connectivity index (χ0) is 20.4. The van der Waals surface area contributed by atoms with Crippen LogP contribution < -0.4 is 0 Å². The first-order valence-corrected chi connectivity index (χ1v) is 10.4. The molecule has 1 fully saturated rings. The molecule has 2 aromatic heterocycles. The van der Waals surface area contributed by atoms with Gasteiger partial charge in [-0.05, 0) is 39.7 Å². The Kier molecular flexibility index (Phi) is 5.62. The van der Waals surface area contributed by atoms with Gasteiger partial charge >= 0.3 is 0 Å². The molecule has 0 N–H and O–H groups in total. The molecule has 29 heavy (non-hydrogen) atoms. The third kappa shape index (κ3) is 3.90. The number of carbonyl (C=O) groups is 1. The van der Waals surface area contributed by atoms with Gasteiger partial charge in [-0.2, -0.15) is 5.10 Å². The third-order valence-electron chi connectivity index (χ3n) is 5.47. The number of pyridine rings is 1. The number of rotatable bonds is 6. The Balaban J connectivity index is 1.80. The van der Waals surface area contributed by atoms with Gasteiger partial charge in [-0.3, -0.25) is 4.79 Å². The van der Waals surface area contributed by atoms with Gasteiger partial charge in [0, 0.05) is 31.3 Å². The summed E-state index contributed by atoms with van der Waals surface area (Å²) in [5.41, 5.74) is 3.18. The predicted octanol–water partition coefficient (Wildman–Crippen LogP) is 4.32. The van der Waals surface area contributed by atoms with Crippen molar-refractivity contribution in [2.45, 2.75) is 45.8 Å². The molecule has 0 bridgehead atoms. The largest absolute Gasteiger partial charge is 0.376 e. The molecule has 1 unspecified atom stereocenters. The summed E-state index contributed by atoms with van der Waals surface area (Å²) in [4.78, 5) is 20.3. The summed E-state index contributed by atoms with van der Waals surface area (Å²) < 4.78 is 7.65. The van der Waals surface area contributed by atoms with E-state index < -0.39 is 0 Å². The van der Waals surface area contributed by atoms with E-state index in [-0.39, 0.29) is 18.1 Å². The van der Waals surface area contributed by atoms with Gasteiger partial charge in [0.05, 0.1) is 28.9 Å². The van der Waals surface area contributed by atoms with Crippen LogP contribution in [-0.4, -0.2) is 51.4 Å². The Bertz CT molecular complexity index is 991. The van der Waals surface area contributed by atoms with Crippen molar-refractivity contribution >= 4 is 16.9 Å². The van der Waals surface area contributed by atoms with Crippen LogP contribution in [-0.2, 0) is 4.74 Å². The van der Waals surface area contributed by atoms with Crippen molar-refractivity contribution in [3.63, 3.8) is 0 Å². The number of hydrogen-bond donors (Lipinski definition) is 0. The quantitative estimate of drug-likeness (QED) is 0.627. The highest BCUT2D eigenvalue weighted by molar-refractivity contribution is 6.06. The number of hydrogen-bond acceptors (Lipinski definition) is 4. The molecule has 3 aromatic rings. The van der Waals surface area contributed by atoms with E-state index in [1.54, 1.807) is 6.20 Å². The Hall–Kier alpha value is -2.73. The van der Waals surface area contributed by atoms with Gasteiger partial charge in [-0.15, -0.1) is 0 Å². The van der Waals surface area contributed by atoms with Crippen molar-refractivity contribution in [1.82, 2.24) is 19.7 Å². The lowest BCUT2D eigenvalue weighted by molar-refractivity contribution is 0.0540. The first-order chi connectivity index (χ1) is 14.1. The first-order valence-electron chi connectivity index (χ1n) is 10.4. The van der Waals surface area contributed by atoms with Crippen LogP contribution in [0.3, 0.4) is 0 Å². The minimum atomic E-state index is 0.0101. The molecular weight excluding hydrogens is 364 g/mol. The molecule has 4 rings (SSSR count). The zero-order valence-electron chi connectivity index (χ0n) is 17.3. The summed E-state index contributed by atoms with van der Waals surface area (Å²) in [5, 5.41) is 5.32. The lowest BCUT2D eigenvalue weighted by atomic mass is 10.1. The molecule has 1 aliphatic heterocycles. The summed E-state index contributed by atoms with van der Waals surface area (Å²) >= 11 is 0. The van der Waals surface area contributed by atoms with E-state index in [9.17, 15) is 4.79 Å². The molecule has 1 saturated heterocycles. The van der Waals surface area contributed by atoms with E-state index in [0.29, 0.717) is 18.7 Å². The highest BCUT2D eigenvalue weighted by Crippen LogP contribution is 2.27. The number of amides is 1. The molecule has 0 aliphatic carbocycles. The fraction of sp³-hybridized carbons (Fsp3) is 0.435.